The maximum absolute atomic E-state index is 13.6. The van der Waals surface area contributed by atoms with Gasteiger partial charge in [-0.1, -0.05) is 12.8 Å². The molecular weight excluding hydrogens is 322 g/mol. The summed E-state index contributed by atoms with van der Waals surface area (Å²) in [4.78, 5) is 14.9. The monoisotopic (exact) mass is 342 g/mol. The van der Waals surface area contributed by atoms with E-state index in [-0.39, 0.29) is 23.7 Å². The third-order valence-corrected chi connectivity index (χ3v) is 5.73. The van der Waals surface area contributed by atoms with Crippen molar-refractivity contribution in [2.45, 2.75) is 32.1 Å². The molecule has 2 fully saturated rings. The van der Waals surface area contributed by atoms with Gasteiger partial charge in [0, 0.05) is 19.2 Å². The Balaban J connectivity index is 0.00000156. The molecule has 1 aromatic rings. The van der Waals surface area contributed by atoms with E-state index in [4.69, 9.17) is 0 Å². The van der Waals surface area contributed by atoms with Crippen LogP contribution >= 0.6 is 12.4 Å². The number of hydrogen-bond acceptors (Lipinski definition) is 2. The summed E-state index contributed by atoms with van der Waals surface area (Å²) in [5.74, 6) is -1.22. The first-order valence-corrected chi connectivity index (χ1v) is 8.12. The van der Waals surface area contributed by atoms with Gasteiger partial charge in [-0.15, -0.1) is 12.4 Å². The van der Waals surface area contributed by atoms with E-state index in [0.717, 1.165) is 31.4 Å². The molecule has 1 saturated carbocycles. The number of halogens is 3. The van der Waals surface area contributed by atoms with Crippen LogP contribution in [0, 0.1) is 23.0 Å². The van der Waals surface area contributed by atoms with E-state index in [0.29, 0.717) is 31.1 Å². The van der Waals surface area contributed by atoms with E-state index in [2.05, 4.69) is 5.32 Å². The van der Waals surface area contributed by atoms with Gasteiger partial charge in [-0.2, -0.15) is 0 Å². The molecule has 4 rings (SSSR count). The number of carbonyl (C=O) groups excluding carboxylic acids is 1. The Hall–Kier alpha value is -1.20. The fourth-order valence-corrected chi connectivity index (χ4v) is 4.53. The van der Waals surface area contributed by atoms with E-state index >= 15 is 0 Å². The zero-order valence-corrected chi connectivity index (χ0v) is 13.7. The van der Waals surface area contributed by atoms with Crippen LogP contribution in [-0.4, -0.2) is 25.5 Å². The highest BCUT2D eigenvalue weighted by molar-refractivity contribution is 6.00. The van der Waals surface area contributed by atoms with Crippen molar-refractivity contribution in [3.8, 4) is 0 Å². The van der Waals surface area contributed by atoms with Crippen LogP contribution in [0.3, 0.4) is 0 Å². The molecule has 1 saturated heterocycles. The Morgan fingerprint density at radius 1 is 1.26 bits per heavy atom. The van der Waals surface area contributed by atoms with Crippen LogP contribution in [0.4, 0.5) is 14.5 Å². The van der Waals surface area contributed by atoms with E-state index in [1.54, 1.807) is 4.90 Å². The maximum atomic E-state index is 13.6. The number of nitrogens with one attached hydrogen (secondary N) is 1. The molecule has 1 amide bonds. The summed E-state index contributed by atoms with van der Waals surface area (Å²) in [6, 6.07) is 2.42. The second-order valence-corrected chi connectivity index (χ2v) is 6.83. The molecule has 6 heteroatoms. The first-order chi connectivity index (χ1) is 10.6. The lowest BCUT2D eigenvalue weighted by Crippen LogP contribution is -2.49. The summed E-state index contributed by atoms with van der Waals surface area (Å²) in [5, 5.41) is 3.37. The molecule has 0 unspecified atom stereocenters. The predicted octanol–water partition coefficient (Wildman–Crippen LogP) is 3.06. The standard InChI is InChI=1S/C17H20F2N2O.ClH/c18-13-7-11-4-6-21(15(11)8-14(13)19)16(22)17-5-2-1-3-12(17)9-20-10-17;/h7-8,12,20H,1-6,9-10H2;1H/t12-,17+;/m0./s1. The Morgan fingerprint density at radius 2 is 2.04 bits per heavy atom. The fraction of sp³-hybridized carbons (Fsp3) is 0.588. The smallest absolute Gasteiger partial charge is 0.234 e. The van der Waals surface area contributed by atoms with Gasteiger partial charge in [0.15, 0.2) is 11.6 Å². The summed E-state index contributed by atoms with van der Waals surface area (Å²) in [6.45, 7) is 2.14. The topological polar surface area (TPSA) is 32.3 Å². The lowest BCUT2D eigenvalue weighted by molar-refractivity contribution is -0.131. The highest BCUT2D eigenvalue weighted by atomic mass is 35.5. The summed E-state index contributed by atoms with van der Waals surface area (Å²) in [5.41, 5.74) is 0.960. The van der Waals surface area contributed by atoms with E-state index in [1.807, 2.05) is 0 Å². The van der Waals surface area contributed by atoms with Crippen LogP contribution in [0.1, 0.15) is 31.2 Å². The fourth-order valence-electron chi connectivity index (χ4n) is 4.53. The van der Waals surface area contributed by atoms with Gasteiger partial charge >= 0.3 is 0 Å². The molecule has 2 heterocycles. The number of benzene rings is 1. The summed E-state index contributed by atoms with van der Waals surface area (Å²) in [7, 11) is 0. The second kappa shape index (κ2) is 6.02. The molecule has 0 radical (unpaired) electrons. The zero-order valence-electron chi connectivity index (χ0n) is 12.9. The van der Waals surface area contributed by atoms with Gasteiger partial charge in [0.05, 0.1) is 11.1 Å². The van der Waals surface area contributed by atoms with E-state index in [9.17, 15) is 13.6 Å². The minimum atomic E-state index is -0.874. The first-order valence-electron chi connectivity index (χ1n) is 8.12. The third-order valence-electron chi connectivity index (χ3n) is 5.73. The van der Waals surface area contributed by atoms with Crippen molar-refractivity contribution < 1.29 is 13.6 Å². The average molecular weight is 343 g/mol. The summed E-state index contributed by atoms with van der Waals surface area (Å²) in [6.07, 6.45) is 4.84. The Morgan fingerprint density at radius 3 is 2.87 bits per heavy atom. The average Bonchev–Trinajstić information content (AvgIpc) is 3.11. The second-order valence-electron chi connectivity index (χ2n) is 6.83. The van der Waals surface area contributed by atoms with Crippen molar-refractivity contribution in [3.63, 3.8) is 0 Å². The molecule has 2 atom stereocenters. The molecule has 1 aliphatic carbocycles. The molecule has 2 aliphatic heterocycles. The van der Waals surface area contributed by atoms with Gasteiger partial charge in [-0.05, 0) is 43.4 Å². The maximum Gasteiger partial charge on any atom is 0.234 e. The van der Waals surface area contributed by atoms with Gasteiger partial charge in [0.25, 0.3) is 0 Å². The van der Waals surface area contributed by atoms with Crippen LogP contribution < -0.4 is 10.2 Å². The Kier molecular flexibility index (Phi) is 4.36. The molecule has 1 aromatic carbocycles. The van der Waals surface area contributed by atoms with Crippen molar-refractivity contribution in [1.82, 2.24) is 5.32 Å². The van der Waals surface area contributed by atoms with E-state index < -0.39 is 11.6 Å². The summed E-state index contributed by atoms with van der Waals surface area (Å²) >= 11 is 0. The minimum absolute atomic E-state index is 0. The molecule has 23 heavy (non-hydrogen) atoms. The zero-order chi connectivity index (χ0) is 15.3. The minimum Gasteiger partial charge on any atom is -0.315 e. The Labute approximate surface area is 140 Å². The molecule has 3 aliphatic rings. The third kappa shape index (κ3) is 2.45. The Bertz CT molecular complexity index is 639. The highest BCUT2D eigenvalue weighted by Gasteiger charge is 2.52. The van der Waals surface area contributed by atoms with Crippen molar-refractivity contribution in [3.05, 3.63) is 29.3 Å². The van der Waals surface area contributed by atoms with Crippen LogP contribution in [-0.2, 0) is 11.2 Å². The quantitative estimate of drug-likeness (QED) is 0.850. The first kappa shape index (κ1) is 16.7. The van der Waals surface area contributed by atoms with Gasteiger partial charge < -0.3 is 10.2 Å². The van der Waals surface area contributed by atoms with Gasteiger partial charge in [-0.25, -0.2) is 8.78 Å². The van der Waals surface area contributed by atoms with Crippen LogP contribution in [0.15, 0.2) is 12.1 Å². The highest BCUT2D eigenvalue weighted by Crippen LogP contribution is 2.46. The van der Waals surface area contributed by atoms with Gasteiger partial charge in [0.1, 0.15) is 0 Å². The van der Waals surface area contributed by atoms with Crippen LogP contribution in [0.25, 0.3) is 0 Å². The van der Waals surface area contributed by atoms with Gasteiger partial charge in [-0.3, -0.25) is 4.79 Å². The van der Waals surface area contributed by atoms with Crippen LogP contribution in [0.5, 0.6) is 0 Å². The normalized spacial score (nSPS) is 29.0. The molecule has 1 N–H and O–H groups in total. The molecule has 3 nitrogen and oxygen atoms in total. The number of amides is 1. The lowest BCUT2D eigenvalue weighted by Gasteiger charge is -2.40. The summed E-state index contributed by atoms with van der Waals surface area (Å²) < 4.78 is 27.0. The van der Waals surface area contributed by atoms with Crippen LogP contribution in [0.2, 0.25) is 0 Å². The lowest BCUT2D eigenvalue weighted by atomic mass is 9.67. The molecule has 126 valence electrons. The number of carbonyl (C=O) groups is 1. The SMILES string of the molecule is Cl.O=C(N1CCc2cc(F)c(F)cc21)[C@@]12CCCC[C@H]1CNC2. The van der Waals surface area contributed by atoms with Crippen molar-refractivity contribution in [2.75, 3.05) is 24.5 Å². The predicted molar refractivity (Wildman–Crippen MR) is 86.9 cm³/mol. The number of anilines is 1. The molecule has 0 bridgehead atoms. The number of rotatable bonds is 1. The van der Waals surface area contributed by atoms with Crippen molar-refractivity contribution in [2.24, 2.45) is 11.3 Å². The molecule has 0 spiro atoms. The molecule has 0 aromatic heterocycles. The van der Waals surface area contributed by atoms with Gasteiger partial charge in [0.2, 0.25) is 5.91 Å². The van der Waals surface area contributed by atoms with Crippen molar-refractivity contribution in [1.29, 1.82) is 0 Å². The van der Waals surface area contributed by atoms with E-state index in [1.165, 1.54) is 18.6 Å². The number of nitrogens with zero attached hydrogens (tertiary/aromatic N) is 1. The largest absolute Gasteiger partial charge is 0.315 e. The molecular formula is C17H21ClF2N2O. The van der Waals surface area contributed by atoms with Crippen molar-refractivity contribution >= 4 is 24.0 Å². The number of fused-ring (bicyclic) bond motifs is 2. The number of hydrogen-bond donors (Lipinski definition) is 1.